The highest BCUT2D eigenvalue weighted by Gasteiger charge is 2.39. The minimum absolute atomic E-state index is 0.482. The van der Waals surface area contributed by atoms with Crippen LogP contribution in [0.5, 0.6) is 0 Å². The van der Waals surface area contributed by atoms with E-state index in [9.17, 15) is 0 Å². The first kappa shape index (κ1) is 27.5. The Labute approximate surface area is 209 Å². The molecule has 3 aliphatic rings. The van der Waals surface area contributed by atoms with Gasteiger partial charge >= 0.3 is 0 Å². The monoisotopic (exact) mass is 479 g/mol. The molecule has 0 aromatic rings. The summed E-state index contributed by atoms with van der Waals surface area (Å²) in [4.78, 5) is 5.23. The van der Waals surface area contributed by atoms with Gasteiger partial charge in [-0.1, -0.05) is 78.1 Å². The maximum Gasteiger partial charge on any atom is 0.0714 e. The number of thioether (sulfide) groups is 1. The molecule has 0 N–H and O–H groups in total. The van der Waals surface area contributed by atoms with Crippen LogP contribution in [-0.4, -0.2) is 41.8 Å². The van der Waals surface area contributed by atoms with Crippen LogP contribution in [0.1, 0.15) is 136 Å². The van der Waals surface area contributed by atoms with Crippen LogP contribution in [0.3, 0.4) is 0 Å². The van der Waals surface area contributed by atoms with E-state index in [1.807, 2.05) is 0 Å². The van der Waals surface area contributed by atoms with Crippen LogP contribution in [-0.2, 0) is 9.47 Å². The third-order valence-electron chi connectivity index (χ3n) is 8.00. The lowest BCUT2D eigenvalue weighted by molar-refractivity contribution is 0.0218. The van der Waals surface area contributed by atoms with E-state index in [0.29, 0.717) is 29.4 Å². The zero-order chi connectivity index (χ0) is 23.1. The first-order chi connectivity index (χ1) is 16.3. The number of aliphatic imine (C=N–C) groups is 1. The highest BCUT2D eigenvalue weighted by molar-refractivity contribution is 8.14. The normalized spacial score (nSPS) is 29.8. The number of ether oxygens (including phenoxy) is 2. The lowest BCUT2D eigenvalue weighted by Gasteiger charge is -2.30. The molecule has 3 atom stereocenters. The molecule has 192 valence electrons. The topological polar surface area (TPSA) is 30.8 Å². The third kappa shape index (κ3) is 10.2. The number of hydrogen-bond donors (Lipinski definition) is 0. The van der Waals surface area contributed by atoms with Crippen molar-refractivity contribution >= 4 is 16.8 Å². The third-order valence-corrected chi connectivity index (χ3v) is 9.49. The van der Waals surface area contributed by atoms with Gasteiger partial charge in [-0.15, -0.1) is 11.8 Å². The van der Waals surface area contributed by atoms with Gasteiger partial charge in [0.15, 0.2) is 0 Å². The van der Waals surface area contributed by atoms with Crippen LogP contribution in [0.15, 0.2) is 4.99 Å². The number of unbranched alkanes of at least 4 members (excludes halogenated alkanes) is 10. The summed E-state index contributed by atoms with van der Waals surface area (Å²) in [6, 6.07) is 0.570. The molecule has 0 saturated heterocycles. The lowest BCUT2D eigenvalue weighted by Crippen LogP contribution is -2.32. The Morgan fingerprint density at radius 1 is 0.667 bits per heavy atom. The molecule has 1 heterocycles. The molecule has 3 nitrogen and oxygen atoms in total. The van der Waals surface area contributed by atoms with Gasteiger partial charge in [-0.3, -0.25) is 4.99 Å². The summed E-state index contributed by atoms with van der Waals surface area (Å²) in [6.45, 7) is 6.51. The fraction of sp³-hybridized carbons (Fsp3) is 0.966. The zero-order valence-electron chi connectivity index (χ0n) is 21.9. The maximum atomic E-state index is 6.29. The Hall–Kier alpha value is -0.0600. The Morgan fingerprint density at radius 2 is 1.21 bits per heavy atom. The predicted octanol–water partition coefficient (Wildman–Crippen LogP) is 8.73. The van der Waals surface area contributed by atoms with Crippen molar-refractivity contribution in [2.24, 2.45) is 10.9 Å². The van der Waals surface area contributed by atoms with Gasteiger partial charge in [0.25, 0.3) is 0 Å². The minimum Gasteiger partial charge on any atom is -0.378 e. The molecule has 3 unspecified atom stereocenters. The number of hydrogen-bond acceptors (Lipinski definition) is 4. The molecule has 2 saturated carbocycles. The van der Waals surface area contributed by atoms with E-state index in [1.54, 1.807) is 0 Å². The van der Waals surface area contributed by atoms with Crippen molar-refractivity contribution in [2.45, 2.75) is 159 Å². The Balaban J connectivity index is 1.24. The molecule has 0 aromatic heterocycles. The van der Waals surface area contributed by atoms with E-state index in [0.717, 1.165) is 13.2 Å². The molecule has 0 bridgehead atoms. The van der Waals surface area contributed by atoms with Crippen LogP contribution in [0.4, 0.5) is 0 Å². The van der Waals surface area contributed by atoms with Gasteiger partial charge in [-0.2, -0.15) is 0 Å². The molecule has 0 radical (unpaired) electrons. The standard InChI is InChI=1S/C29H53NO2S/c1-3-5-7-9-11-13-21-31-25-17-15-24(16-18-25)29-30-27-20-19-26(23-28(27)33-29)32-22-14-12-10-8-6-4-2/h24-28H,3-23H2,1-2H3. The first-order valence-electron chi connectivity index (χ1n) is 14.8. The second-order valence-electron chi connectivity index (χ2n) is 10.9. The fourth-order valence-electron chi connectivity index (χ4n) is 5.79. The molecular weight excluding hydrogens is 426 g/mol. The highest BCUT2D eigenvalue weighted by Crippen LogP contribution is 2.43. The summed E-state index contributed by atoms with van der Waals surface area (Å²) in [5.41, 5.74) is 0. The van der Waals surface area contributed by atoms with E-state index < -0.39 is 0 Å². The second-order valence-corrected chi connectivity index (χ2v) is 12.1. The quantitative estimate of drug-likeness (QED) is 0.195. The van der Waals surface area contributed by atoms with Crippen molar-refractivity contribution in [3.05, 3.63) is 0 Å². The second kappa shape index (κ2) is 16.6. The van der Waals surface area contributed by atoms with Gasteiger partial charge in [-0.25, -0.2) is 0 Å². The van der Waals surface area contributed by atoms with Crippen LogP contribution < -0.4 is 0 Å². The van der Waals surface area contributed by atoms with E-state index in [-0.39, 0.29) is 0 Å². The van der Waals surface area contributed by atoms with Crippen molar-refractivity contribution < 1.29 is 9.47 Å². The summed E-state index contributed by atoms with van der Waals surface area (Å²) in [5.74, 6) is 0.706. The molecular formula is C29H53NO2S. The molecule has 2 aliphatic carbocycles. The number of rotatable bonds is 17. The summed E-state index contributed by atoms with van der Waals surface area (Å²) >= 11 is 2.12. The molecule has 0 aromatic carbocycles. The van der Waals surface area contributed by atoms with Crippen LogP contribution >= 0.6 is 11.8 Å². The van der Waals surface area contributed by atoms with Gasteiger partial charge < -0.3 is 9.47 Å². The average Bonchev–Trinajstić information content (AvgIpc) is 3.27. The largest absolute Gasteiger partial charge is 0.378 e. The number of fused-ring (bicyclic) bond motifs is 1. The summed E-state index contributed by atoms with van der Waals surface area (Å²) in [6.07, 6.45) is 25.9. The molecule has 1 aliphatic heterocycles. The SMILES string of the molecule is CCCCCCCCOC1CCC(C2=NC3CCC(OCCCCCCCC)CC3S2)CC1. The molecule has 4 heteroatoms. The van der Waals surface area contributed by atoms with Crippen LogP contribution in [0, 0.1) is 5.92 Å². The van der Waals surface area contributed by atoms with Crippen molar-refractivity contribution in [3.8, 4) is 0 Å². The van der Waals surface area contributed by atoms with E-state index in [1.165, 1.54) is 127 Å². The molecule has 3 rings (SSSR count). The van der Waals surface area contributed by atoms with E-state index >= 15 is 0 Å². The molecule has 0 spiro atoms. The van der Waals surface area contributed by atoms with Crippen molar-refractivity contribution in [1.29, 1.82) is 0 Å². The Kier molecular flexibility index (Phi) is 13.8. The van der Waals surface area contributed by atoms with Crippen molar-refractivity contribution in [2.75, 3.05) is 13.2 Å². The highest BCUT2D eigenvalue weighted by atomic mass is 32.2. The number of nitrogens with zero attached hydrogens (tertiary/aromatic N) is 1. The van der Waals surface area contributed by atoms with E-state index in [2.05, 4.69) is 25.6 Å². The Morgan fingerprint density at radius 3 is 1.85 bits per heavy atom. The maximum absolute atomic E-state index is 6.29. The van der Waals surface area contributed by atoms with Gasteiger partial charge in [-0.05, 0) is 57.8 Å². The van der Waals surface area contributed by atoms with E-state index in [4.69, 9.17) is 14.5 Å². The molecule has 33 heavy (non-hydrogen) atoms. The molecule has 0 amide bonds. The minimum atomic E-state index is 0.482. The van der Waals surface area contributed by atoms with Crippen LogP contribution in [0.25, 0.3) is 0 Å². The summed E-state index contributed by atoms with van der Waals surface area (Å²) in [5, 5.41) is 2.17. The first-order valence-corrected chi connectivity index (χ1v) is 15.7. The van der Waals surface area contributed by atoms with Gasteiger partial charge in [0.05, 0.1) is 23.3 Å². The zero-order valence-corrected chi connectivity index (χ0v) is 22.7. The van der Waals surface area contributed by atoms with Gasteiger partial charge in [0, 0.05) is 24.4 Å². The predicted molar refractivity (Wildman–Crippen MR) is 145 cm³/mol. The fourth-order valence-corrected chi connectivity index (χ4v) is 7.39. The lowest BCUT2D eigenvalue weighted by atomic mass is 9.87. The summed E-state index contributed by atoms with van der Waals surface area (Å²) in [7, 11) is 0. The van der Waals surface area contributed by atoms with Crippen molar-refractivity contribution in [3.63, 3.8) is 0 Å². The smallest absolute Gasteiger partial charge is 0.0714 e. The van der Waals surface area contributed by atoms with Crippen LogP contribution in [0.2, 0.25) is 0 Å². The van der Waals surface area contributed by atoms with Gasteiger partial charge in [0.2, 0.25) is 0 Å². The molecule has 2 fully saturated rings. The average molecular weight is 480 g/mol. The van der Waals surface area contributed by atoms with Crippen molar-refractivity contribution in [1.82, 2.24) is 0 Å². The van der Waals surface area contributed by atoms with Gasteiger partial charge in [0.1, 0.15) is 0 Å². The summed E-state index contributed by atoms with van der Waals surface area (Å²) < 4.78 is 12.5. The Bertz CT molecular complexity index is 532.